The first-order valence-corrected chi connectivity index (χ1v) is 5.95. The van der Waals surface area contributed by atoms with Crippen LogP contribution in [0.2, 0.25) is 0 Å². The normalized spacial score (nSPS) is 25.5. The summed E-state index contributed by atoms with van der Waals surface area (Å²) < 4.78 is 5.27. The number of carbonyl (C=O) groups is 2. The molecule has 5 heteroatoms. The number of carboxylic acid groups (broad SMARTS) is 1. The smallest absolute Gasteiger partial charge is 0.410 e. The SMILES string of the molecule is C[C@@H]1[C@H](C(=O)O)CCCN1C(=O)OC(C)(C)C. The van der Waals surface area contributed by atoms with Crippen molar-refractivity contribution in [3.8, 4) is 0 Å². The lowest BCUT2D eigenvalue weighted by molar-refractivity contribution is -0.145. The Bertz CT molecular complexity index is 308. The molecule has 0 aliphatic carbocycles. The first-order chi connectivity index (χ1) is 7.72. The Hall–Kier alpha value is -1.26. The van der Waals surface area contributed by atoms with Gasteiger partial charge in [0.1, 0.15) is 5.60 Å². The fraction of sp³-hybridized carbons (Fsp3) is 0.833. The molecule has 0 aromatic heterocycles. The molecule has 1 amide bonds. The van der Waals surface area contributed by atoms with Gasteiger partial charge < -0.3 is 14.7 Å². The van der Waals surface area contributed by atoms with Crippen LogP contribution in [0, 0.1) is 5.92 Å². The maximum Gasteiger partial charge on any atom is 0.410 e. The standard InChI is InChI=1S/C12H21NO4/c1-8-9(10(14)15)6-5-7-13(8)11(16)17-12(2,3)4/h8-9H,5-7H2,1-4H3,(H,14,15)/t8-,9-/m1/s1. The third-order valence-corrected chi connectivity index (χ3v) is 2.93. The molecule has 0 saturated carbocycles. The molecule has 1 rings (SSSR count). The number of likely N-dealkylation sites (tertiary alicyclic amines) is 1. The van der Waals surface area contributed by atoms with Gasteiger partial charge in [0.2, 0.25) is 0 Å². The van der Waals surface area contributed by atoms with E-state index in [4.69, 9.17) is 9.84 Å². The second-order valence-corrected chi connectivity index (χ2v) is 5.50. The van der Waals surface area contributed by atoms with Crippen molar-refractivity contribution in [3.63, 3.8) is 0 Å². The van der Waals surface area contributed by atoms with Gasteiger partial charge in [-0.15, -0.1) is 0 Å². The van der Waals surface area contributed by atoms with Crippen molar-refractivity contribution in [1.29, 1.82) is 0 Å². The van der Waals surface area contributed by atoms with Gasteiger partial charge in [0.05, 0.1) is 5.92 Å². The molecule has 1 aliphatic heterocycles. The van der Waals surface area contributed by atoms with Gasteiger partial charge in [-0.1, -0.05) is 0 Å². The first kappa shape index (κ1) is 13.8. The third kappa shape index (κ3) is 3.61. The highest BCUT2D eigenvalue weighted by Crippen LogP contribution is 2.25. The largest absolute Gasteiger partial charge is 0.481 e. The number of carboxylic acids is 1. The van der Waals surface area contributed by atoms with Gasteiger partial charge in [-0.25, -0.2) is 4.79 Å². The van der Waals surface area contributed by atoms with Crippen LogP contribution in [-0.4, -0.2) is 40.3 Å². The van der Waals surface area contributed by atoms with Crippen molar-refractivity contribution in [3.05, 3.63) is 0 Å². The molecule has 5 nitrogen and oxygen atoms in total. The maximum absolute atomic E-state index is 11.9. The minimum Gasteiger partial charge on any atom is -0.481 e. The first-order valence-electron chi connectivity index (χ1n) is 5.95. The van der Waals surface area contributed by atoms with Gasteiger partial charge in [0.25, 0.3) is 0 Å². The summed E-state index contributed by atoms with van der Waals surface area (Å²) >= 11 is 0. The highest BCUT2D eigenvalue weighted by Gasteiger charge is 2.37. The molecule has 1 saturated heterocycles. The molecule has 1 fully saturated rings. The predicted octanol–water partition coefficient (Wildman–Crippen LogP) is 2.11. The van der Waals surface area contributed by atoms with Crippen LogP contribution in [0.4, 0.5) is 4.79 Å². The van der Waals surface area contributed by atoms with E-state index in [9.17, 15) is 9.59 Å². The molecule has 1 N–H and O–H groups in total. The van der Waals surface area contributed by atoms with Crippen LogP contribution in [0.1, 0.15) is 40.5 Å². The quantitative estimate of drug-likeness (QED) is 0.766. The summed E-state index contributed by atoms with van der Waals surface area (Å²) in [6.45, 7) is 7.73. The maximum atomic E-state index is 11.9. The third-order valence-electron chi connectivity index (χ3n) is 2.93. The molecule has 0 spiro atoms. The van der Waals surface area contributed by atoms with Crippen molar-refractivity contribution in [1.82, 2.24) is 4.90 Å². The lowest BCUT2D eigenvalue weighted by Gasteiger charge is -2.38. The second kappa shape index (κ2) is 4.94. The van der Waals surface area contributed by atoms with Crippen molar-refractivity contribution < 1.29 is 19.4 Å². The lowest BCUT2D eigenvalue weighted by Crippen LogP contribution is -2.50. The molecule has 2 atom stereocenters. The second-order valence-electron chi connectivity index (χ2n) is 5.50. The van der Waals surface area contributed by atoms with Gasteiger partial charge in [-0.2, -0.15) is 0 Å². The number of carbonyl (C=O) groups excluding carboxylic acids is 1. The molecule has 0 aromatic carbocycles. The van der Waals surface area contributed by atoms with Crippen LogP contribution in [-0.2, 0) is 9.53 Å². The Morgan fingerprint density at radius 3 is 2.41 bits per heavy atom. The van der Waals surface area contributed by atoms with E-state index in [0.29, 0.717) is 19.4 Å². The van der Waals surface area contributed by atoms with Crippen LogP contribution in [0.15, 0.2) is 0 Å². The highest BCUT2D eigenvalue weighted by molar-refractivity contribution is 5.74. The molecule has 1 heterocycles. The van der Waals surface area contributed by atoms with Crippen LogP contribution < -0.4 is 0 Å². The Morgan fingerprint density at radius 1 is 1.35 bits per heavy atom. The monoisotopic (exact) mass is 243 g/mol. The van der Waals surface area contributed by atoms with Crippen molar-refractivity contribution in [2.45, 2.75) is 52.2 Å². The number of piperidine rings is 1. The number of amides is 1. The minimum atomic E-state index is -0.842. The number of rotatable bonds is 1. The molecule has 0 aromatic rings. The van der Waals surface area contributed by atoms with Crippen LogP contribution >= 0.6 is 0 Å². The molecule has 0 bridgehead atoms. The molecule has 1 aliphatic rings. The number of hydrogen-bond acceptors (Lipinski definition) is 3. The summed E-state index contributed by atoms with van der Waals surface area (Å²) in [5, 5.41) is 9.06. The fourth-order valence-corrected chi connectivity index (χ4v) is 2.05. The van der Waals surface area contributed by atoms with Crippen LogP contribution in [0.25, 0.3) is 0 Å². The number of hydrogen-bond donors (Lipinski definition) is 1. The van der Waals surface area contributed by atoms with E-state index in [1.807, 2.05) is 0 Å². The van der Waals surface area contributed by atoms with Crippen LogP contribution in [0.3, 0.4) is 0 Å². The highest BCUT2D eigenvalue weighted by atomic mass is 16.6. The van der Waals surface area contributed by atoms with E-state index < -0.39 is 23.6 Å². The van der Waals surface area contributed by atoms with E-state index in [1.54, 1.807) is 27.7 Å². The molecule has 98 valence electrons. The molecule has 0 radical (unpaired) electrons. The predicted molar refractivity (Wildman–Crippen MR) is 62.8 cm³/mol. The average Bonchev–Trinajstić information content (AvgIpc) is 2.14. The van der Waals surface area contributed by atoms with Crippen molar-refractivity contribution >= 4 is 12.1 Å². The number of nitrogens with zero attached hydrogens (tertiary/aromatic N) is 1. The fourth-order valence-electron chi connectivity index (χ4n) is 2.05. The summed E-state index contributed by atoms with van der Waals surface area (Å²) in [6.07, 6.45) is 0.909. The average molecular weight is 243 g/mol. The number of ether oxygens (including phenoxy) is 1. The Kier molecular flexibility index (Phi) is 4.01. The zero-order valence-electron chi connectivity index (χ0n) is 10.9. The van der Waals surface area contributed by atoms with E-state index in [-0.39, 0.29) is 6.04 Å². The number of aliphatic carboxylic acids is 1. The van der Waals surface area contributed by atoms with Crippen LogP contribution in [0.5, 0.6) is 0 Å². The molecule has 17 heavy (non-hydrogen) atoms. The zero-order chi connectivity index (χ0) is 13.2. The van der Waals surface area contributed by atoms with E-state index in [1.165, 1.54) is 4.90 Å². The van der Waals surface area contributed by atoms with Gasteiger partial charge in [0, 0.05) is 12.6 Å². The molecular formula is C12H21NO4. The minimum absolute atomic E-state index is 0.309. The van der Waals surface area contributed by atoms with E-state index in [0.717, 1.165) is 0 Å². The van der Waals surface area contributed by atoms with Crippen molar-refractivity contribution in [2.24, 2.45) is 5.92 Å². The summed E-state index contributed by atoms with van der Waals surface area (Å²) in [5.74, 6) is -1.33. The summed E-state index contributed by atoms with van der Waals surface area (Å²) in [6, 6.07) is -0.309. The van der Waals surface area contributed by atoms with Gasteiger partial charge in [-0.3, -0.25) is 4.79 Å². The molecule has 0 unspecified atom stereocenters. The van der Waals surface area contributed by atoms with E-state index >= 15 is 0 Å². The van der Waals surface area contributed by atoms with Gasteiger partial charge >= 0.3 is 12.1 Å². The topological polar surface area (TPSA) is 66.8 Å². The Labute approximate surface area is 102 Å². The summed E-state index contributed by atoms with van der Waals surface area (Å²) in [5.41, 5.74) is -0.549. The zero-order valence-corrected chi connectivity index (χ0v) is 10.9. The Balaban J connectivity index is 2.70. The summed E-state index contributed by atoms with van der Waals surface area (Å²) in [4.78, 5) is 24.5. The summed E-state index contributed by atoms with van der Waals surface area (Å²) in [7, 11) is 0. The Morgan fingerprint density at radius 2 is 1.94 bits per heavy atom. The molecular weight excluding hydrogens is 222 g/mol. The van der Waals surface area contributed by atoms with Gasteiger partial charge in [0.15, 0.2) is 0 Å². The lowest BCUT2D eigenvalue weighted by atomic mass is 9.91. The van der Waals surface area contributed by atoms with Gasteiger partial charge in [-0.05, 0) is 40.5 Å². The van der Waals surface area contributed by atoms with Crippen molar-refractivity contribution in [2.75, 3.05) is 6.54 Å². The van der Waals surface area contributed by atoms with E-state index in [2.05, 4.69) is 0 Å².